The zero-order chi connectivity index (χ0) is 23.6. The van der Waals surface area contributed by atoms with Crippen LogP contribution in [-0.2, 0) is 18.9 Å². The average Bonchev–Trinajstić information content (AvgIpc) is 3.24. The SMILES string of the molecule is CCN1C[C@]2(CO)CC[C@H](OC)C34[C@@H]5C[C@H]6[C@H](OC)[C@@H]5[C@](O)(C[C@@H]6OC)[C@@](O)([C@H]13)[C@@H](OC)[C@@H]42. The van der Waals surface area contributed by atoms with Crippen molar-refractivity contribution in [2.75, 3.05) is 48.1 Å². The molecule has 5 aliphatic carbocycles. The molecule has 6 aliphatic rings. The molecule has 8 nitrogen and oxygen atoms in total. The number of fused-ring (bicyclic) bond motifs is 2. The maximum absolute atomic E-state index is 13.0. The minimum atomic E-state index is -1.52. The van der Waals surface area contributed by atoms with Crippen molar-refractivity contribution in [2.24, 2.45) is 34.5 Å². The zero-order valence-corrected chi connectivity index (χ0v) is 20.6. The molecule has 6 rings (SSSR count). The number of rotatable bonds is 6. The number of piperidine rings is 1. The third-order valence-electron chi connectivity index (χ3n) is 11.6. The van der Waals surface area contributed by atoms with E-state index in [1.54, 1.807) is 28.4 Å². The van der Waals surface area contributed by atoms with Crippen molar-refractivity contribution in [3.05, 3.63) is 0 Å². The summed E-state index contributed by atoms with van der Waals surface area (Å²) in [5, 5.41) is 36.6. The van der Waals surface area contributed by atoms with Gasteiger partial charge in [0.15, 0.2) is 0 Å². The summed E-state index contributed by atoms with van der Waals surface area (Å²) in [6, 6.07) is -0.312. The molecule has 0 aromatic carbocycles. The van der Waals surface area contributed by atoms with E-state index in [1.165, 1.54) is 0 Å². The van der Waals surface area contributed by atoms with Crippen LogP contribution in [0.2, 0.25) is 0 Å². The Morgan fingerprint density at radius 3 is 2.36 bits per heavy atom. The van der Waals surface area contributed by atoms with Crippen molar-refractivity contribution >= 4 is 0 Å². The Balaban J connectivity index is 1.68. The molecule has 3 N–H and O–H groups in total. The largest absolute Gasteiger partial charge is 0.396 e. The number of hydrogen-bond acceptors (Lipinski definition) is 8. The standard InChI is InChI=1S/C25H41NO7/c1-6-26-11-22(12-27)8-7-16(31-3)24-14-9-13-15(30-2)10-23(28,17(14)18(13)32-4)25(29,21(24)26)20(33-5)19(22)24/h13-21,27-29H,6-12H2,1-5H3/t13-,14-,15+,16+,17-,18+,19-,20+,21-,22+,23-,24?,25+/m1/s1. The highest BCUT2D eigenvalue weighted by Gasteiger charge is 2.91. The fraction of sp³-hybridized carbons (Fsp3) is 1.00. The molecule has 0 aromatic heterocycles. The van der Waals surface area contributed by atoms with Crippen LogP contribution in [0.4, 0.5) is 0 Å². The van der Waals surface area contributed by atoms with Gasteiger partial charge in [-0.05, 0) is 31.7 Å². The molecule has 1 spiro atoms. The highest BCUT2D eigenvalue weighted by molar-refractivity contribution is 5.41. The molecule has 5 saturated carbocycles. The number of nitrogens with zero attached hydrogens (tertiary/aromatic N) is 1. The Morgan fingerprint density at radius 2 is 1.79 bits per heavy atom. The Kier molecular flexibility index (Phi) is 4.99. The number of hydrogen-bond donors (Lipinski definition) is 3. The fourth-order valence-electron chi connectivity index (χ4n) is 11.0. The lowest BCUT2D eigenvalue weighted by Gasteiger charge is -2.70. The molecule has 33 heavy (non-hydrogen) atoms. The van der Waals surface area contributed by atoms with Crippen LogP contribution in [0.25, 0.3) is 0 Å². The molecule has 1 aliphatic heterocycles. The third kappa shape index (κ3) is 2.16. The molecule has 188 valence electrons. The minimum Gasteiger partial charge on any atom is -0.396 e. The van der Waals surface area contributed by atoms with Crippen molar-refractivity contribution < 1.29 is 34.3 Å². The van der Waals surface area contributed by atoms with E-state index in [0.717, 1.165) is 25.8 Å². The van der Waals surface area contributed by atoms with Crippen molar-refractivity contribution in [1.29, 1.82) is 0 Å². The number of ether oxygens (including phenoxy) is 4. The normalized spacial score (nSPS) is 60.9. The van der Waals surface area contributed by atoms with Crippen molar-refractivity contribution in [3.8, 4) is 0 Å². The average molecular weight is 468 g/mol. The monoisotopic (exact) mass is 467 g/mol. The lowest BCUT2D eigenvalue weighted by molar-refractivity contribution is -0.320. The Labute approximate surface area is 196 Å². The van der Waals surface area contributed by atoms with Crippen LogP contribution in [0, 0.1) is 34.5 Å². The Hall–Kier alpha value is -0.320. The quantitative estimate of drug-likeness (QED) is 0.512. The van der Waals surface area contributed by atoms with E-state index < -0.39 is 28.1 Å². The van der Waals surface area contributed by atoms with Gasteiger partial charge < -0.3 is 34.3 Å². The zero-order valence-electron chi connectivity index (χ0n) is 20.6. The van der Waals surface area contributed by atoms with Gasteiger partial charge in [0.1, 0.15) is 11.2 Å². The van der Waals surface area contributed by atoms with Crippen LogP contribution < -0.4 is 0 Å². The smallest absolute Gasteiger partial charge is 0.136 e. The van der Waals surface area contributed by atoms with Crippen LogP contribution in [-0.4, -0.2) is 110 Å². The molecule has 1 unspecified atom stereocenters. The first-order valence-corrected chi connectivity index (χ1v) is 12.7. The topological polar surface area (TPSA) is 101 Å². The summed E-state index contributed by atoms with van der Waals surface area (Å²) in [5.74, 6) is -0.0916. The fourth-order valence-corrected chi connectivity index (χ4v) is 11.0. The molecule has 8 heteroatoms. The molecule has 13 atom stereocenters. The number of aliphatic hydroxyl groups excluding tert-OH is 1. The first-order valence-electron chi connectivity index (χ1n) is 12.7. The van der Waals surface area contributed by atoms with Crippen LogP contribution in [0.15, 0.2) is 0 Å². The lowest BCUT2D eigenvalue weighted by Crippen LogP contribution is -2.82. The number of likely N-dealkylation sites (tertiary alicyclic amines) is 1. The first kappa shape index (κ1) is 23.1. The van der Waals surface area contributed by atoms with Crippen molar-refractivity contribution in [1.82, 2.24) is 4.90 Å². The molecule has 0 aromatic rings. The van der Waals surface area contributed by atoms with E-state index in [-0.39, 0.29) is 54.6 Å². The second-order valence-corrected chi connectivity index (χ2v) is 11.8. The maximum Gasteiger partial charge on any atom is 0.136 e. The van der Waals surface area contributed by atoms with Gasteiger partial charge in [-0.2, -0.15) is 0 Å². The summed E-state index contributed by atoms with van der Waals surface area (Å²) in [7, 11) is 6.85. The van der Waals surface area contributed by atoms with E-state index in [1.807, 2.05) is 0 Å². The van der Waals surface area contributed by atoms with Crippen LogP contribution in [0.3, 0.4) is 0 Å². The molecule has 1 saturated heterocycles. The number of aliphatic hydroxyl groups is 3. The maximum atomic E-state index is 13.0. The van der Waals surface area contributed by atoms with Crippen LogP contribution in [0.5, 0.6) is 0 Å². The first-order chi connectivity index (χ1) is 15.8. The van der Waals surface area contributed by atoms with E-state index in [2.05, 4.69) is 11.8 Å². The molecule has 0 radical (unpaired) electrons. The highest BCUT2D eigenvalue weighted by atomic mass is 16.5. The Bertz CT molecular complexity index is 814. The van der Waals surface area contributed by atoms with Gasteiger partial charge >= 0.3 is 0 Å². The molecule has 7 bridgehead atoms. The minimum absolute atomic E-state index is 0.0443. The van der Waals surface area contributed by atoms with E-state index in [9.17, 15) is 15.3 Å². The molecule has 0 amide bonds. The van der Waals surface area contributed by atoms with Gasteiger partial charge in [-0.15, -0.1) is 0 Å². The van der Waals surface area contributed by atoms with Gasteiger partial charge in [0.05, 0.1) is 37.1 Å². The van der Waals surface area contributed by atoms with Crippen LogP contribution >= 0.6 is 0 Å². The third-order valence-corrected chi connectivity index (χ3v) is 11.6. The number of likely N-dealkylation sites (N-methyl/N-ethyl adjacent to an activating group) is 1. The predicted molar refractivity (Wildman–Crippen MR) is 119 cm³/mol. The summed E-state index contributed by atoms with van der Waals surface area (Å²) < 4.78 is 24.5. The van der Waals surface area contributed by atoms with Crippen molar-refractivity contribution in [3.63, 3.8) is 0 Å². The van der Waals surface area contributed by atoms with Crippen LogP contribution in [0.1, 0.15) is 32.6 Å². The molecular formula is C25H41NO7. The van der Waals surface area contributed by atoms with Crippen molar-refractivity contribution in [2.45, 2.75) is 74.3 Å². The summed E-state index contributed by atoms with van der Waals surface area (Å²) in [6.45, 7) is 3.59. The van der Waals surface area contributed by atoms with Gasteiger partial charge in [0.2, 0.25) is 0 Å². The lowest BCUT2D eigenvalue weighted by atomic mass is 9.42. The summed E-state index contributed by atoms with van der Waals surface area (Å²) in [4.78, 5) is 2.33. The molecule has 1 heterocycles. The summed E-state index contributed by atoms with van der Waals surface area (Å²) in [6.07, 6.45) is 1.81. The van der Waals surface area contributed by atoms with E-state index in [4.69, 9.17) is 18.9 Å². The second-order valence-electron chi connectivity index (χ2n) is 11.8. The summed E-state index contributed by atoms with van der Waals surface area (Å²) in [5.41, 5.74) is -3.78. The number of methoxy groups -OCH3 is 4. The van der Waals surface area contributed by atoms with Gasteiger partial charge in [-0.25, -0.2) is 0 Å². The Morgan fingerprint density at radius 1 is 1.03 bits per heavy atom. The second kappa shape index (κ2) is 7.13. The summed E-state index contributed by atoms with van der Waals surface area (Å²) >= 11 is 0. The molecule has 6 fully saturated rings. The molecular weight excluding hydrogens is 426 g/mol. The van der Waals surface area contributed by atoms with E-state index >= 15 is 0 Å². The van der Waals surface area contributed by atoms with Gasteiger partial charge in [-0.1, -0.05) is 6.92 Å². The highest BCUT2D eigenvalue weighted by Crippen LogP contribution is 2.80. The van der Waals surface area contributed by atoms with Gasteiger partial charge in [0.25, 0.3) is 0 Å². The predicted octanol–water partition coefficient (Wildman–Crippen LogP) is 0.271. The van der Waals surface area contributed by atoms with Gasteiger partial charge in [0, 0.05) is 70.0 Å². The van der Waals surface area contributed by atoms with E-state index in [0.29, 0.717) is 13.0 Å². The van der Waals surface area contributed by atoms with Gasteiger partial charge in [-0.3, -0.25) is 4.90 Å².